The maximum Gasteiger partial charge on any atom is 0.0449 e. The fraction of sp³-hybridized carbons (Fsp3) is 0.667. The van der Waals surface area contributed by atoms with Crippen molar-refractivity contribution in [2.75, 3.05) is 25.9 Å². The van der Waals surface area contributed by atoms with Gasteiger partial charge < -0.3 is 5.32 Å². The molecule has 0 amide bonds. The number of nitrogens with one attached hydrogen (secondary N) is 1. The highest BCUT2D eigenvalue weighted by molar-refractivity contribution is 7.99. The van der Waals surface area contributed by atoms with Gasteiger partial charge in [-0.2, -0.15) is 11.8 Å². The lowest BCUT2D eigenvalue weighted by Crippen LogP contribution is -2.55. The Morgan fingerprint density at radius 3 is 2.57 bits per heavy atom. The van der Waals surface area contributed by atoms with Gasteiger partial charge in [0.15, 0.2) is 0 Å². The molecule has 0 aliphatic carbocycles. The zero-order chi connectivity index (χ0) is 15.2. The van der Waals surface area contributed by atoms with Crippen molar-refractivity contribution < 1.29 is 0 Å². The molecule has 21 heavy (non-hydrogen) atoms. The van der Waals surface area contributed by atoms with Gasteiger partial charge in [-0.05, 0) is 30.7 Å². The molecule has 1 aromatic rings. The van der Waals surface area contributed by atoms with Gasteiger partial charge in [-0.25, -0.2) is 0 Å². The Morgan fingerprint density at radius 1 is 1.24 bits per heavy atom. The second-order valence-electron chi connectivity index (χ2n) is 6.51. The average molecular weight is 307 g/mol. The van der Waals surface area contributed by atoms with Gasteiger partial charge in [0.1, 0.15) is 0 Å². The van der Waals surface area contributed by atoms with Gasteiger partial charge in [0.05, 0.1) is 0 Å². The summed E-state index contributed by atoms with van der Waals surface area (Å²) in [6, 6.07) is 12.0. The van der Waals surface area contributed by atoms with Gasteiger partial charge >= 0.3 is 0 Å². The molecule has 3 atom stereocenters. The Hall–Kier alpha value is -0.510. The van der Waals surface area contributed by atoms with Crippen molar-refractivity contribution in [2.45, 2.75) is 44.5 Å². The standard InChI is InChI=1S/C18H30N2S/c1-14(2)18-12-19-17(16-8-6-5-7-9-16)13-20(18)11-10-15(3)21-4/h5-9,14-15,17-19H,10-13H2,1-4H3. The van der Waals surface area contributed by atoms with Crippen LogP contribution in [0.5, 0.6) is 0 Å². The van der Waals surface area contributed by atoms with E-state index in [1.54, 1.807) is 0 Å². The summed E-state index contributed by atoms with van der Waals surface area (Å²) < 4.78 is 0. The Morgan fingerprint density at radius 2 is 1.95 bits per heavy atom. The second-order valence-corrected chi connectivity index (χ2v) is 7.79. The molecule has 1 aromatic carbocycles. The molecule has 1 heterocycles. The van der Waals surface area contributed by atoms with Crippen LogP contribution < -0.4 is 5.32 Å². The highest BCUT2D eigenvalue weighted by atomic mass is 32.2. The van der Waals surface area contributed by atoms with Gasteiger partial charge in [0.2, 0.25) is 0 Å². The van der Waals surface area contributed by atoms with E-state index < -0.39 is 0 Å². The van der Waals surface area contributed by atoms with E-state index >= 15 is 0 Å². The minimum Gasteiger partial charge on any atom is -0.307 e. The second kappa shape index (κ2) is 8.21. The molecule has 1 fully saturated rings. The third-order valence-corrected chi connectivity index (χ3v) is 5.70. The van der Waals surface area contributed by atoms with Crippen LogP contribution >= 0.6 is 11.8 Å². The summed E-state index contributed by atoms with van der Waals surface area (Å²) in [6.45, 7) is 10.5. The minimum atomic E-state index is 0.478. The molecular weight excluding hydrogens is 276 g/mol. The molecule has 3 heteroatoms. The Labute approximate surface area is 134 Å². The zero-order valence-electron chi connectivity index (χ0n) is 13.9. The molecule has 118 valence electrons. The van der Waals surface area contributed by atoms with Crippen LogP contribution in [0.1, 0.15) is 38.8 Å². The summed E-state index contributed by atoms with van der Waals surface area (Å²) in [4.78, 5) is 2.71. The first-order chi connectivity index (χ1) is 10.1. The first kappa shape index (κ1) is 16.9. The van der Waals surface area contributed by atoms with Crippen molar-refractivity contribution in [2.24, 2.45) is 5.92 Å². The number of piperazine rings is 1. The van der Waals surface area contributed by atoms with Crippen LogP contribution in [0, 0.1) is 5.92 Å². The molecule has 1 N–H and O–H groups in total. The van der Waals surface area contributed by atoms with E-state index in [9.17, 15) is 0 Å². The summed E-state index contributed by atoms with van der Waals surface area (Å²) >= 11 is 1.98. The zero-order valence-corrected chi connectivity index (χ0v) is 14.7. The van der Waals surface area contributed by atoms with Gasteiger partial charge in [-0.1, -0.05) is 51.1 Å². The van der Waals surface area contributed by atoms with Gasteiger partial charge in [-0.15, -0.1) is 0 Å². The Balaban J connectivity index is 2.01. The van der Waals surface area contributed by atoms with Gasteiger partial charge in [-0.3, -0.25) is 4.90 Å². The maximum absolute atomic E-state index is 3.75. The molecule has 0 saturated carbocycles. The van der Waals surface area contributed by atoms with Crippen molar-refractivity contribution in [3.63, 3.8) is 0 Å². The molecule has 0 bridgehead atoms. The topological polar surface area (TPSA) is 15.3 Å². The predicted molar refractivity (Wildman–Crippen MR) is 95.0 cm³/mol. The third kappa shape index (κ3) is 4.73. The SMILES string of the molecule is CSC(C)CCN1CC(c2ccccc2)NCC1C(C)C. The Bertz CT molecular complexity index is 407. The molecule has 3 unspecified atom stereocenters. The molecular formula is C18H30N2S. The summed E-state index contributed by atoms with van der Waals surface area (Å²) in [5.41, 5.74) is 1.42. The number of hydrogen-bond acceptors (Lipinski definition) is 3. The normalized spacial score (nSPS) is 25.2. The molecule has 1 aliphatic rings. The molecule has 1 saturated heterocycles. The summed E-state index contributed by atoms with van der Waals surface area (Å²) in [5, 5.41) is 4.50. The van der Waals surface area contributed by atoms with Crippen molar-refractivity contribution in [1.82, 2.24) is 10.2 Å². The first-order valence-corrected chi connectivity index (χ1v) is 9.45. The van der Waals surface area contributed by atoms with E-state index in [1.165, 1.54) is 18.5 Å². The van der Waals surface area contributed by atoms with Gasteiger partial charge in [0.25, 0.3) is 0 Å². The number of benzene rings is 1. The monoisotopic (exact) mass is 306 g/mol. The molecule has 0 aromatic heterocycles. The predicted octanol–water partition coefficient (Wildman–Crippen LogP) is 3.80. The summed E-state index contributed by atoms with van der Waals surface area (Å²) in [7, 11) is 0. The fourth-order valence-corrected chi connectivity index (χ4v) is 3.46. The van der Waals surface area contributed by atoms with Crippen LogP contribution in [0.15, 0.2) is 30.3 Å². The van der Waals surface area contributed by atoms with E-state index in [4.69, 9.17) is 0 Å². The van der Waals surface area contributed by atoms with E-state index in [0.717, 1.165) is 18.3 Å². The first-order valence-electron chi connectivity index (χ1n) is 8.17. The maximum atomic E-state index is 3.75. The molecule has 2 rings (SSSR count). The van der Waals surface area contributed by atoms with Crippen LogP contribution in [0.2, 0.25) is 0 Å². The number of rotatable bonds is 6. The summed E-state index contributed by atoms with van der Waals surface area (Å²) in [5.74, 6) is 0.707. The molecule has 1 aliphatic heterocycles. The van der Waals surface area contributed by atoms with Crippen molar-refractivity contribution in [3.8, 4) is 0 Å². The lowest BCUT2D eigenvalue weighted by molar-refractivity contribution is 0.0973. The lowest BCUT2D eigenvalue weighted by atomic mass is 9.95. The highest BCUT2D eigenvalue weighted by Gasteiger charge is 2.30. The largest absolute Gasteiger partial charge is 0.307 e. The van der Waals surface area contributed by atoms with Crippen LogP contribution in [0.25, 0.3) is 0 Å². The minimum absolute atomic E-state index is 0.478. The fourth-order valence-electron chi connectivity index (χ4n) is 3.12. The van der Waals surface area contributed by atoms with Crippen LogP contribution in [-0.2, 0) is 0 Å². The smallest absolute Gasteiger partial charge is 0.0449 e. The molecule has 2 nitrogen and oxygen atoms in total. The number of nitrogens with zero attached hydrogens (tertiary/aromatic N) is 1. The van der Waals surface area contributed by atoms with Crippen molar-refractivity contribution in [3.05, 3.63) is 35.9 Å². The number of hydrogen-bond donors (Lipinski definition) is 1. The van der Waals surface area contributed by atoms with Crippen molar-refractivity contribution in [1.29, 1.82) is 0 Å². The lowest BCUT2D eigenvalue weighted by Gasteiger charge is -2.43. The van der Waals surface area contributed by atoms with Crippen LogP contribution in [0.3, 0.4) is 0 Å². The highest BCUT2D eigenvalue weighted by Crippen LogP contribution is 2.24. The van der Waals surface area contributed by atoms with Crippen LogP contribution in [-0.4, -0.2) is 42.1 Å². The summed E-state index contributed by atoms with van der Waals surface area (Å²) in [6.07, 6.45) is 3.50. The third-order valence-electron chi connectivity index (χ3n) is 4.66. The average Bonchev–Trinajstić information content (AvgIpc) is 2.53. The molecule has 0 radical (unpaired) electrons. The number of thioether (sulfide) groups is 1. The van der Waals surface area contributed by atoms with Crippen molar-refractivity contribution >= 4 is 11.8 Å². The van der Waals surface area contributed by atoms with Gasteiger partial charge in [0, 0.05) is 30.4 Å². The molecule has 0 spiro atoms. The van der Waals surface area contributed by atoms with Crippen LogP contribution in [0.4, 0.5) is 0 Å². The quantitative estimate of drug-likeness (QED) is 0.860. The Kier molecular flexibility index (Phi) is 6.59. The van der Waals surface area contributed by atoms with E-state index in [2.05, 4.69) is 67.6 Å². The van der Waals surface area contributed by atoms with E-state index in [0.29, 0.717) is 18.0 Å². The van der Waals surface area contributed by atoms with E-state index in [-0.39, 0.29) is 0 Å². The van der Waals surface area contributed by atoms with E-state index in [1.807, 2.05) is 11.8 Å².